The molecule has 3 N–H and O–H groups in total. The van der Waals surface area contributed by atoms with Gasteiger partial charge in [0.2, 0.25) is 5.91 Å². The molecule has 2 aliphatic rings. The lowest BCUT2D eigenvalue weighted by molar-refractivity contribution is -0.138. The molecule has 2 aromatic carbocycles. The first kappa shape index (κ1) is 23.2. The minimum Gasteiger partial charge on any atom is -0.481 e. The number of rotatable bonds is 10. The van der Waals surface area contributed by atoms with Crippen LogP contribution in [0.15, 0.2) is 48.5 Å². The number of benzene rings is 2. The molecule has 0 saturated heterocycles. The number of fused-ring (bicyclic) bond motifs is 3. The fourth-order valence-corrected chi connectivity index (χ4v) is 5.24. The number of carbonyl (C=O) groups excluding carboxylic acids is 2. The third-order valence-corrected chi connectivity index (χ3v) is 7.12. The Bertz CT molecular complexity index is 976. The maximum atomic E-state index is 12.2. The van der Waals surface area contributed by atoms with E-state index in [1.807, 2.05) is 24.3 Å². The summed E-state index contributed by atoms with van der Waals surface area (Å²) in [7, 11) is 0. The maximum absolute atomic E-state index is 12.2. The number of amides is 2. The monoisotopic (exact) mass is 468 g/mol. The van der Waals surface area contributed by atoms with E-state index in [1.54, 1.807) is 0 Å². The molecular formula is C25H28N2O5S. The molecule has 2 aromatic rings. The zero-order valence-electron chi connectivity index (χ0n) is 18.3. The second-order valence-corrected chi connectivity index (χ2v) is 9.61. The molecular weight excluding hydrogens is 440 g/mol. The summed E-state index contributed by atoms with van der Waals surface area (Å²) >= 11 is 1.44. The first-order valence-corrected chi connectivity index (χ1v) is 12.3. The van der Waals surface area contributed by atoms with Crippen LogP contribution in [0, 0.1) is 5.92 Å². The van der Waals surface area contributed by atoms with Crippen molar-refractivity contribution in [2.45, 2.75) is 31.2 Å². The van der Waals surface area contributed by atoms with E-state index in [4.69, 9.17) is 9.84 Å². The summed E-state index contributed by atoms with van der Waals surface area (Å²) in [5, 5.41) is 14.4. The minimum absolute atomic E-state index is 0.0304. The Labute approximate surface area is 197 Å². The van der Waals surface area contributed by atoms with Crippen LogP contribution in [0.25, 0.3) is 11.1 Å². The molecule has 174 valence electrons. The van der Waals surface area contributed by atoms with Crippen molar-refractivity contribution >= 4 is 29.7 Å². The van der Waals surface area contributed by atoms with Gasteiger partial charge in [-0.1, -0.05) is 48.5 Å². The minimum atomic E-state index is -0.788. The molecule has 0 spiro atoms. The van der Waals surface area contributed by atoms with Crippen LogP contribution in [0.4, 0.5) is 4.79 Å². The highest BCUT2D eigenvalue weighted by Crippen LogP contribution is 2.44. The first-order chi connectivity index (χ1) is 16.0. The lowest BCUT2D eigenvalue weighted by Crippen LogP contribution is -2.45. The molecule has 0 bridgehead atoms. The number of ether oxygens (including phenoxy) is 1. The number of hydrogen-bond donors (Lipinski definition) is 3. The van der Waals surface area contributed by atoms with E-state index in [-0.39, 0.29) is 36.8 Å². The van der Waals surface area contributed by atoms with Crippen LogP contribution >= 0.6 is 11.8 Å². The van der Waals surface area contributed by atoms with Gasteiger partial charge >= 0.3 is 12.1 Å². The van der Waals surface area contributed by atoms with E-state index < -0.39 is 12.1 Å². The standard InChI is InChI=1S/C25H28N2O5S/c28-23(27-17-11-16(12-17)13-24(29)30)15-33-10-9-26-25(31)32-14-22-20-7-3-1-5-18(20)19-6-2-4-8-21(19)22/h1-8,16-17,22H,9-15H2,(H,26,31)(H,27,28)(H,29,30). The topological polar surface area (TPSA) is 105 Å². The Morgan fingerprint density at radius 1 is 1.00 bits per heavy atom. The van der Waals surface area contributed by atoms with Crippen LogP contribution in [-0.4, -0.2) is 53.8 Å². The third-order valence-electron chi connectivity index (χ3n) is 6.16. The highest BCUT2D eigenvalue weighted by molar-refractivity contribution is 7.99. The Balaban J connectivity index is 1.11. The van der Waals surface area contributed by atoms with Crippen molar-refractivity contribution < 1.29 is 24.2 Å². The molecule has 1 fully saturated rings. The van der Waals surface area contributed by atoms with Crippen molar-refractivity contribution in [2.24, 2.45) is 5.92 Å². The Kier molecular flexibility index (Phi) is 7.54. The number of carboxylic acid groups (broad SMARTS) is 1. The highest BCUT2D eigenvalue weighted by Gasteiger charge is 2.31. The van der Waals surface area contributed by atoms with Gasteiger partial charge in [0, 0.05) is 30.7 Å². The molecule has 0 atom stereocenters. The van der Waals surface area contributed by atoms with Gasteiger partial charge in [-0.05, 0) is 41.0 Å². The van der Waals surface area contributed by atoms with Crippen LogP contribution in [0.1, 0.15) is 36.3 Å². The number of alkyl carbamates (subject to hydrolysis) is 1. The number of carboxylic acids is 1. The van der Waals surface area contributed by atoms with Gasteiger partial charge < -0.3 is 20.5 Å². The predicted molar refractivity (Wildman–Crippen MR) is 127 cm³/mol. The molecule has 2 amide bonds. The van der Waals surface area contributed by atoms with Crippen molar-refractivity contribution in [2.75, 3.05) is 24.7 Å². The van der Waals surface area contributed by atoms with Gasteiger partial charge in [-0.15, -0.1) is 0 Å². The summed E-state index contributed by atoms with van der Waals surface area (Å²) in [5.74, 6) is 0.268. The predicted octanol–water partition coefficient (Wildman–Crippen LogP) is 3.63. The fourth-order valence-electron chi connectivity index (χ4n) is 4.58. The van der Waals surface area contributed by atoms with Gasteiger partial charge in [-0.25, -0.2) is 4.79 Å². The third kappa shape index (κ3) is 5.87. The van der Waals surface area contributed by atoms with E-state index in [2.05, 4.69) is 34.9 Å². The number of carbonyl (C=O) groups is 3. The highest BCUT2D eigenvalue weighted by atomic mass is 32.2. The quantitative estimate of drug-likeness (QED) is 0.460. The SMILES string of the molecule is O=C(O)CC1CC(NC(=O)CSCCNC(=O)OCC2c3ccccc3-c3ccccc32)C1. The summed E-state index contributed by atoms with van der Waals surface area (Å²) in [6.07, 6.45) is 1.17. The van der Waals surface area contributed by atoms with E-state index >= 15 is 0 Å². The van der Waals surface area contributed by atoms with Crippen molar-refractivity contribution in [1.29, 1.82) is 0 Å². The van der Waals surface area contributed by atoms with Crippen molar-refractivity contribution in [3.8, 4) is 11.1 Å². The second-order valence-electron chi connectivity index (χ2n) is 8.50. The molecule has 8 heteroatoms. The molecule has 0 aromatic heterocycles. The second kappa shape index (κ2) is 10.7. The van der Waals surface area contributed by atoms with Gasteiger partial charge in [0.25, 0.3) is 0 Å². The number of aliphatic carboxylic acids is 1. The van der Waals surface area contributed by atoms with Gasteiger partial charge in [-0.3, -0.25) is 9.59 Å². The summed E-state index contributed by atoms with van der Waals surface area (Å²) in [6.45, 7) is 0.693. The van der Waals surface area contributed by atoms with Crippen LogP contribution in [0.2, 0.25) is 0 Å². The zero-order valence-corrected chi connectivity index (χ0v) is 19.1. The molecule has 2 aliphatic carbocycles. The first-order valence-electron chi connectivity index (χ1n) is 11.2. The van der Waals surface area contributed by atoms with Crippen LogP contribution in [0.5, 0.6) is 0 Å². The number of thioether (sulfide) groups is 1. The summed E-state index contributed by atoms with van der Waals surface area (Å²) in [5.41, 5.74) is 4.73. The molecule has 7 nitrogen and oxygen atoms in total. The Morgan fingerprint density at radius 3 is 2.27 bits per heavy atom. The van der Waals surface area contributed by atoms with Crippen molar-refractivity contribution in [3.63, 3.8) is 0 Å². The van der Waals surface area contributed by atoms with Crippen LogP contribution in [-0.2, 0) is 14.3 Å². The molecule has 4 rings (SSSR count). The summed E-state index contributed by atoms with van der Waals surface area (Å²) in [4.78, 5) is 34.8. The van der Waals surface area contributed by atoms with Crippen molar-refractivity contribution in [1.82, 2.24) is 10.6 Å². The largest absolute Gasteiger partial charge is 0.481 e. The smallest absolute Gasteiger partial charge is 0.407 e. The molecule has 0 heterocycles. The van der Waals surface area contributed by atoms with E-state index in [9.17, 15) is 14.4 Å². The van der Waals surface area contributed by atoms with Gasteiger partial charge in [0.15, 0.2) is 0 Å². The fraction of sp³-hybridized carbons (Fsp3) is 0.400. The maximum Gasteiger partial charge on any atom is 0.407 e. The van der Waals surface area contributed by atoms with E-state index in [0.29, 0.717) is 18.1 Å². The van der Waals surface area contributed by atoms with E-state index in [1.165, 1.54) is 34.0 Å². The molecule has 0 unspecified atom stereocenters. The summed E-state index contributed by atoms with van der Waals surface area (Å²) < 4.78 is 5.50. The van der Waals surface area contributed by atoms with E-state index in [0.717, 1.165) is 12.8 Å². The number of hydrogen-bond acceptors (Lipinski definition) is 5. The normalized spacial score (nSPS) is 18.5. The molecule has 33 heavy (non-hydrogen) atoms. The van der Waals surface area contributed by atoms with Crippen LogP contribution < -0.4 is 10.6 Å². The lowest BCUT2D eigenvalue weighted by Gasteiger charge is -2.34. The molecule has 1 saturated carbocycles. The number of nitrogens with one attached hydrogen (secondary N) is 2. The van der Waals surface area contributed by atoms with Crippen LogP contribution in [0.3, 0.4) is 0 Å². The lowest BCUT2D eigenvalue weighted by atomic mass is 9.78. The summed E-state index contributed by atoms with van der Waals surface area (Å²) in [6, 6.07) is 16.5. The van der Waals surface area contributed by atoms with Gasteiger partial charge in [0.05, 0.1) is 5.75 Å². The zero-order chi connectivity index (χ0) is 23.2. The Morgan fingerprint density at radius 2 is 1.64 bits per heavy atom. The van der Waals surface area contributed by atoms with Gasteiger partial charge in [-0.2, -0.15) is 11.8 Å². The average molecular weight is 469 g/mol. The van der Waals surface area contributed by atoms with Gasteiger partial charge in [0.1, 0.15) is 6.61 Å². The molecule has 0 aliphatic heterocycles. The molecule has 0 radical (unpaired) electrons. The average Bonchev–Trinajstić information content (AvgIpc) is 3.09. The van der Waals surface area contributed by atoms with Crippen molar-refractivity contribution in [3.05, 3.63) is 59.7 Å². The Hall–Kier alpha value is -3.00.